The number of carbonyl (C=O) groups is 1. The van der Waals surface area contributed by atoms with E-state index in [1.165, 1.54) is 22.3 Å². The molecule has 0 spiro atoms. The van der Waals surface area contributed by atoms with Gasteiger partial charge in [-0.25, -0.2) is 0 Å². The molecule has 3 aromatic carbocycles. The number of hydrogen-bond acceptors (Lipinski definition) is 1. The highest BCUT2D eigenvalue weighted by molar-refractivity contribution is 6.30. The summed E-state index contributed by atoms with van der Waals surface area (Å²) in [5, 5.41) is 0.716. The van der Waals surface area contributed by atoms with Gasteiger partial charge >= 0.3 is 0 Å². The average Bonchev–Trinajstić information content (AvgIpc) is 3.30. The van der Waals surface area contributed by atoms with Gasteiger partial charge in [-0.3, -0.25) is 4.79 Å². The zero-order valence-electron chi connectivity index (χ0n) is 18.0. The normalized spacial score (nSPS) is 19.8. The molecule has 3 heteroatoms. The van der Waals surface area contributed by atoms with E-state index in [1.54, 1.807) is 0 Å². The zero-order chi connectivity index (χ0) is 21.4. The Balaban J connectivity index is 1.60. The molecular weight excluding hydrogens is 402 g/mol. The fraction of sp³-hybridized carbons (Fsp3) is 0.321. The van der Waals surface area contributed by atoms with Gasteiger partial charge in [-0.15, -0.1) is 0 Å². The average molecular weight is 430 g/mol. The van der Waals surface area contributed by atoms with Gasteiger partial charge in [0.2, 0.25) is 5.91 Å². The molecule has 1 aliphatic heterocycles. The number of rotatable bonds is 3. The van der Waals surface area contributed by atoms with E-state index in [0.717, 1.165) is 44.2 Å². The maximum atomic E-state index is 14.4. The summed E-state index contributed by atoms with van der Waals surface area (Å²) in [5.41, 5.74) is 5.70. The highest BCUT2D eigenvalue weighted by atomic mass is 35.5. The van der Waals surface area contributed by atoms with Crippen molar-refractivity contribution in [3.63, 3.8) is 0 Å². The topological polar surface area (TPSA) is 20.3 Å². The Labute approximate surface area is 189 Å². The highest BCUT2D eigenvalue weighted by Crippen LogP contribution is 2.46. The molecule has 1 amide bonds. The van der Waals surface area contributed by atoms with E-state index >= 15 is 0 Å². The molecule has 3 aromatic rings. The SMILES string of the molecule is Cc1ccc(C2c3ccccc3CCN2C(=O)C2(c3ccc(Cl)cc3)CCCC2)cc1. The van der Waals surface area contributed by atoms with Crippen molar-refractivity contribution in [1.29, 1.82) is 0 Å². The van der Waals surface area contributed by atoms with Crippen LogP contribution in [0.1, 0.15) is 59.5 Å². The minimum absolute atomic E-state index is 0.0391. The number of carbonyl (C=O) groups excluding carboxylic acids is 1. The van der Waals surface area contributed by atoms with Gasteiger partial charge in [0.25, 0.3) is 0 Å². The van der Waals surface area contributed by atoms with Crippen molar-refractivity contribution in [2.45, 2.75) is 50.5 Å². The second-order valence-corrected chi connectivity index (χ2v) is 9.49. The Morgan fingerprint density at radius 1 is 0.935 bits per heavy atom. The number of benzene rings is 3. The van der Waals surface area contributed by atoms with Crippen LogP contribution in [-0.2, 0) is 16.6 Å². The third kappa shape index (κ3) is 3.57. The van der Waals surface area contributed by atoms with Crippen LogP contribution in [0, 0.1) is 6.92 Å². The Kier molecular flexibility index (Phi) is 5.35. The van der Waals surface area contributed by atoms with E-state index in [-0.39, 0.29) is 11.9 Å². The maximum absolute atomic E-state index is 14.4. The van der Waals surface area contributed by atoms with Crippen LogP contribution in [-0.4, -0.2) is 17.4 Å². The van der Waals surface area contributed by atoms with Crippen LogP contribution in [0.25, 0.3) is 0 Å². The first-order valence-electron chi connectivity index (χ1n) is 11.3. The minimum atomic E-state index is -0.445. The zero-order valence-corrected chi connectivity index (χ0v) is 18.7. The van der Waals surface area contributed by atoms with Crippen LogP contribution < -0.4 is 0 Å². The van der Waals surface area contributed by atoms with Crippen molar-refractivity contribution in [1.82, 2.24) is 4.90 Å². The molecule has 1 unspecified atom stereocenters. The van der Waals surface area contributed by atoms with Gasteiger partial charge in [-0.05, 0) is 60.6 Å². The lowest BCUT2D eigenvalue weighted by molar-refractivity contribution is -0.139. The largest absolute Gasteiger partial charge is 0.330 e. The number of hydrogen-bond donors (Lipinski definition) is 0. The second kappa shape index (κ2) is 8.16. The molecule has 0 bridgehead atoms. The molecule has 1 aliphatic carbocycles. The lowest BCUT2D eigenvalue weighted by Crippen LogP contribution is -2.49. The summed E-state index contributed by atoms with van der Waals surface area (Å²) in [6.45, 7) is 2.86. The molecule has 31 heavy (non-hydrogen) atoms. The van der Waals surface area contributed by atoms with Crippen LogP contribution in [0.2, 0.25) is 5.02 Å². The Morgan fingerprint density at radius 2 is 1.61 bits per heavy atom. The maximum Gasteiger partial charge on any atom is 0.234 e. The van der Waals surface area contributed by atoms with E-state index < -0.39 is 5.41 Å². The van der Waals surface area contributed by atoms with Crippen LogP contribution in [0.5, 0.6) is 0 Å². The smallest absolute Gasteiger partial charge is 0.234 e. The molecular formula is C28H28ClNO. The van der Waals surface area contributed by atoms with Crippen molar-refractivity contribution in [2.24, 2.45) is 0 Å². The molecule has 5 rings (SSSR count). The number of nitrogens with zero attached hydrogens (tertiary/aromatic N) is 1. The lowest BCUT2D eigenvalue weighted by atomic mass is 9.76. The highest BCUT2D eigenvalue weighted by Gasteiger charge is 2.47. The fourth-order valence-corrected chi connectivity index (χ4v) is 5.67. The van der Waals surface area contributed by atoms with Crippen LogP contribution in [0.15, 0.2) is 72.8 Å². The van der Waals surface area contributed by atoms with E-state index in [4.69, 9.17) is 11.6 Å². The van der Waals surface area contributed by atoms with Gasteiger partial charge in [-0.1, -0.05) is 90.7 Å². The monoisotopic (exact) mass is 429 g/mol. The molecule has 0 N–H and O–H groups in total. The van der Waals surface area contributed by atoms with Crippen LogP contribution in [0.4, 0.5) is 0 Å². The minimum Gasteiger partial charge on any atom is -0.330 e. The quantitative estimate of drug-likeness (QED) is 0.457. The Bertz CT molecular complexity index is 1080. The van der Waals surface area contributed by atoms with Gasteiger partial charge < -0.3 is 4.90 Å². The van der Waals surface area contributed by atoms with E-state index in [2.05, 4.69) is 72.5 Å². The summed E-state index contributed by atoms with van der Waals surface area (Å²) in [5.74, 6) is 0.271. The summed E-state index contributed by atoms with van der Waals surface area (Å²) in [6.07, 6.45) is 4.90. The van der Waals surface area contributed by atoms with Gasteiger partial charge in [0.05, 0.1) is 11.5 Å². The first-order valence-corrected chi connectivity index (χ1v) is 11.7. The predicted octanol–water partition coefficient (Wildman–Crippen LogP) is 6.63. The fourth-order valence-electron chi connectivity index (χ4n) is 5.54. The summed E-state index contributed by atoms with van der Waals surface area (Å²) in [6, 6.07) is 25.2. The molecule has 0 saturated heterocycles. The van der Waals surface area contributed by atoms with Gasteiger partial charge in [-0.2, -0.15) is 0 Å². The molecule has 1 heterocycles. The molecule has 2 aliphatic rings. The Hall–Kier alpha value is -2.58. The summed E-state index contributed by atoms with van der Waals surface area (Å²) in [7, 11) is 0. The van der Waals surface area contributed by atoms with E-state index in [0.29, 0.717) is 5.02 Å². The van der Waals surface area contributed by atoms with E-state index in [1.807, 2.05) is 12.1 Å². The van der Waals surface area contributed by atoms with Crippen molar-refractivity contribution < 1.29 is 4.79 Å². The summed E-state index contributed by atoms with van der Waals surface area (Å²) >= 11 is 6.17. The molecule has 1 atom stereocenters. The van der Waals surface area contributed by atoms with Gasteiger partial charge in [0.15, 0.2) is 0 Å². The number of halogens is 1. The predicted molar refractivity (Wildman–Crippen MR) is 126 cm³/mol. The molecule has 158 valence electrons. The number of fused-ring (bicyclic) bond motifs is 1. The molecule has 0 aromatic heterocycles. The van der Waals surface area contributed by atoms with Crippen LogP contribution in [0.3, 0.4) is 0 Å². The lowest BCUT2D eigenvalue weighted by Gasteiger charge is -2.43. The van der Waals surface area contributed by atoms with Crippen LogP contribution >= 0.6 is 11.6 Å². The third-order valence-electron chi connectivity index (χ3n) is 7.20. The molecule has 0 radical (unpaired) electrons. The van der Waals surface area contributed by atoms with E-state index in [9.17, 15) is 4.79 Å². The summed E-state index contributed by atoms with van der Waals surface area (Å²) < 4.78 is 0. The Morgan fingerprint density at radius 3 is 2.32 bits per heavy atom. The first kappa shape index (κ1) is 20.3. The molecule has 1 saturated carbocycles. The number of amides is 1. The standard InChI is InChI=1S/C28H28ClNO/c1-20-8-10-22(11-9-20)26-25-7-3-2-6-21(25)16-19-30(26)27(31)28(17-4-5-18-28)23-12-14-24(29)15-13-23/h2-3,6-15,26H,4-5,16-19H2,1H3. The van der Waals surface area contributed by atoms with Gasteiger partial charge in [0, 0.05) is 11.6 Å². The van der Waals surface area contributed by atoms with Crippen molar-refractivity contribution in [2.75, 3.05) is 6.54 Å². The number of aryl methyl sites for hydroxylation is 1. The molecule has 1 fully saturated rings. The van der Waals surface area contributed by atoms with Crippen molar-refractivity contribution >= 4 is 17.5 Å². The van der Waals surface area contributed by atoms with Crippen molar-refractivity contribution in [3.05, 3.63) is 106 Å². The van der Waals surface area contributed by atoms with Gasteiger partial charge in [0.1, 0.15) is 0 Å². The second-order valence-electron chi connectivity index (χ2n) is 9.06. The summed E-state index contributed by atoms with van der Waals surface area (Å²) in [4.78, 5) is 16.5. The molecule has 2 nitrogen and oxygen atoms in total. The first-order chi connectivity index (χ1) is 15.1. The van der Waals surface area contributed by atoms with Crippen molar-refractivity contribution in [3.8, 4) is 0 Å². The third-order valence-corrected chi connectivity index (χ3v) is 7.45.